The van der Waals surface area contributed by atoms with Crippen LogP contribution in [0.2, 0.25) is 0 Å². The second-order valence-electron chi connectivity index (χ2n) is 5.81. The predicted molar refractivity (Wildman–Crippen MR) is 90.0 cm³/mol. The molecule has 2 heterocycles. The summed E-state index contributed by atoms with van der Waals surface area (Å²) in [6.45, 7) is 0.307. The minimum Gasteiger partial charge on any atom is -0.363 e. The highest BCUT2D eigenvalue weighted by molar-refractivity contribution is 5.98. The number of carbonyl (C=O) groups excluding carboxylic acids is 1. The van der Waals surface area contributed by atoms with Gasteiger partial charge in [-0.05, 0) is 17.7 Å². The molecule has 0 saturated heterocycles. The van der Waals surface area contributed by atoms with Crippen LogP contribution in [0.3, 0.4) is 0 Å². The van der Waals surface area contributed by atoms with E-state index in [0.29, 0.717) is 23.4 Å². The Morgan fingerprint density at radius 2 is 1.58 bits per heavy atom. The first-order chi connectivity index (χ1) is 11.7. The minimum absolute atomic E-state index is 0.263. The number of fused-ring (bicyclic) bond motifs is 1. The highest BCUT2D eigenvalue weighted by atomic mass is 16.3. The summed E-state index contributed by atoms with van der Waals surface area (Å²) in [4.78, 5) is 18.6. The Labute approximate surface area is 140 Å². The second-order valence-corrected chi connectivity index (χ2v) is 5.81. The Kier molecular flexibility index (Phi) is 3.40. The van der Waals surface area contributed by atoms with Gasteiger partial charge < -0.3 is 5.11 Å². The third-order valence-corrected chi connectivity index (χ3v) is 4.38. The van der Waals surface area contributed by atoms with Gasteiger partial charge in [-0.25, -0.2) is 0 Å². The average molecular weight is 316 g/mol. The summed E-state index contributed by atoms with van der Waals surface area (Å²) in [5.41, 5.74) is 0.920. The molecule has 0 unspecified atom stereocenters. The van der Waals surface area contributed by atoms with Gasteiger partial charge >= 0.3 is 0 Å². The van der Waals surface area contributed by atoms with Crippen LogP contribution < -0.4 is 0 Å². The van der Waals surface area contributed by atoms with E-state index in [2.05, 4.69) is 4.98 Å². The third-order valence-electron chi connectivity index (χ3n) is 4.38. The van der Waals surface area contributed by atoms with Gasteiger partial charge in [0.2, 0.25) is 0 Å². The number of hydrogen-bond acceptors (Lipinski definition) is 3. The van der Waals surface area contributed by atoms with Crippen LogP contribution in [0.1, 0.15) is 27.2 Å². The van der Waals surface area contributed by atoms with Crippen LogP contribution >= 0.6 is 0 Å². The van der Waals surface area contributed by atoms with E-state index < -0.39 is 5.72 Å². The number of hydrogen-bond donors (Lipinski definition) is 1. The maximum atomic E-state index is 12.9. The van der Waals surface area contributed by atoms with Crippen molar-refractivity contribution in [2.75, 3.05) is 0 Å². The van der Waals surface area contributed by atoms with Crippen LogP contribution in [0.5, 0.6) is 0 Å². The Hall–Kier alpha value is -2.98. The Bertz CT molecular complexity index is 880. The molecular weight excluding hydrogens is 300 g/mol. The third kappa shape index (κ3) is 2.12. The lowest BCUT2D eigenvalue weighted by molar-refractivity contribution is -0.0542. The van der Waals surface area contributed by atoms with Gasteiger partial charge in [0.05, 0.1) is 0 Å². The van der Waals surface area contributed by atoms with Crippen molar-refractivity contribution >= 4 is 5.91 Å². The van der Waals surface area contributed by atoms with Gasteiger partial charge in [-0.2, -0.15) is 0 Å². The standard InChI is InChI=1S/C20H16N2O2/c23-19-18-17(12-7-13-21-18)20(24,16-10-5-2-6-11-16)22(19)14-15-8-3-1-4-9-15/h1-13,24H,14H2/t20-/m0/s1. The van der Waals surface area contributed by atoms with Crippen molar-refractivity contribution in [3.05, 3.63) is 101 Å². The maximum Gasteiger partial charge on any atom is 0.276 e. The highest BCUT2D eigenvalue weighted by Gasteiger charge is 2.50. The molecule has 4 nitrogen and oxygen atoms in total. The molecule has 118 valence electrons. The first-order valence-electron chi connectivity index (χ1n) is 7.80. The lowest BCUT2D eigenvalue weighted by Crippen LogP contribution is -2.44. The van der Waals surface area contributed by atoms with Gasteiger partial charge in [0.1, 0.15) is 5.69 Å². The zero-order chi connectivity index (χ0) is 16.6. The summed E-state index contributed by atoms with van der Waals surface area (Å²) in [7, 11) is 0. The highest BCUT2D eigenvalue weighted by Crippen LogP contribution is 2.42. The second kappa shape index (κ2) is 5.58. The molecule has 1 aromatic heterocycles. The summed E-state index contributed by atoms with van der Waals surface area (Å²) in [5.74, 6) is -0.263. The normalized spacial score (nSPS) is 19.4. The summed E-state index contributed by atoms with van der Waals surface area (Å²) in [6.07, 6.45) is 1.58. The number of rotatable bonds is 3. The van der Waals surface area contributed by atoms with Crippen LogP contribution in [-0.2, 0) is 12.3 Å². The van der Waals surface area contributed by atoms with Crippen LogP contribution in [0.4, 0.5) is 0 Å². The van der Waals surface area contributed by atoms with Gasteiger partial charge in [-0.1, -0.05) is 60.7 Å². The quantitative estimate of drug-likeness (QED) is 0.808. The summed E-state index contributed by atoms with van der Waals surface area (Å²) < 4.78 is 0. The molecule has 0 aliphatic carbocycles. The van der Waals surface area contributed by atoms with E-state index in [1.54, 1.807) is 18.3 Å². The molecule has 0 bridgehead atoms. The fourth-order valence-electron chi connectivity index (χ4n) is 3.21. The van der Waals surface area contributed by atoms with E-state index in [1.807, 2.05) is 60.7 Å². The molecule has 1 aliphatic rings. The number of aromatic nitrogens is 1. The van der Waals surface area contributed by atoms with Gasteiger partial charge in [0, 0.05) is 23.9 Å². The van der Waals surface area contributed by atoms with Crippen molar-refractivity contribution in [3.63, 3.8) is 0 Å². The summed E-state index contributed by atoms with van der Waals surface area (Å²) >= 11 is 0. The van der Waals surface area contributed by atoms with E-state index in [0.717, 1.165) is 5.56 Å². The summed E-state index contributed by atoms with van der Waals surface area (Å²) in [6, 6.07) is 22.4. The Balaban J connectivity index is 1.87. The fourth-order valence-corrected chi connectivity index (χ4v) is 3.21. The lowest BCUT2D eigenvalue weighted by atomic mass is 9.95. The Morgan fingerprint density at radius 3 is 2.29 bits per heavy atom. The minimum atomic E-state index is -1.52. The molecule has 0 radical (unpaired) electrons. The molecule has 1 atom stereocenters. The molecule has 4 heteroatoms. The van der Waals surface area contributed by atoms with Crippen molar-refractivity contribution in [3.8, 4) is 0 Å². The monoisotopic (exact) mass is 316 g/mol. The van der Waals surface area contributed by atoms with Crippen LogP contribution in [0, 0.1) is 0 Å². The smallest absolute Gasteiger partial charge is 0.276 e. The largest absolute Gasteiger partial charge is 0.363 e. The van der Waals surface area contributed by atoms with Gasteiger partial charge in [0.25, 0.3) is 5.91 Å². The topological polar surface area (TPSA) is 53.4 Å². The van der Waals surface area contributed by atoms with Crippen molar-refractivity contribution < 1.29 is 9.90 Å². The zero-order valence-electron chi connectivity index (χ0n) is 13.0. The molecule has 2 aromatic carbocycles. The SMILES string of the molecule is O=C1c2ncccc2[C@@](O)(c2ccccc2)N1Cc1ccccc1. The number of nitrogens with zero attached hydrogens (tertiary/aromatic N) is 2. The van der Waals surface area contributed by atoms with E-state index in [4.69, 9.17) is 0 Å². The molecule has 1 amide bonds. The first-order valence-corrected chi connectivity index (χ1v) is 7.80. The number of benzene rings is 2. The average Bonchev–Trinajstić information content (AvgIpc) is 2.87. The van der Waals surface area contributed by atoms with Crippen molar-refractivity contribution in [1.82, 2.24) is 9.88 Å². The van der Waals surface area contributed by atoms with Crippen LogP contribution in [0.25, 0.3) is 0 Å². The number of pyridine rings is 1. The first kappa shape index (κ1) is 14.6. The fraction of sp³-hybridized carbons (Fsp3) is 0.100. The molecule has 0 fully saturated rings. The number of amides is 1. The summed E-state index contributed by atoms with van der Waals surface area (Å²) in [5, 5.41) is 11.6. The van der Waals surface area contributed by atoms with E-state index in [9.17, 15) is 9.90 Å². The van der Waals surface area contributed by atoms with Gasteiger partial charge in [0.15, 0.2) is 5.72 Å². The number of carbonyl (C=O) groups is 1. The van der Waals surface area contributed by atoms with E-state index in [-0.39, 0.29) is 5.91 Å². The maximum absolute atomic E-state index is 12.9. The van der Waals surface area contributed by atoms with E-state index in [1.165, 1.54) is 4.90 Å². The molecule has 1 N–H and O–H groups in total. The molecule has 0 saturated carbocycles. The number of aliphatic hydroxyl groups is 1. The van der Waals surface area contributed by atoms with Crippen molar-refractivity contribution in [2.45, 2.75) is 12.3 Å². The van der Waals surface area contributed by atoms with Crippen LogP contribution in [-0.4, -0.2) is 20.9 Å². The van der Waals surface area contributed by atoms with Crippen molar-refractivity contribution in [1.29, 1.82) is 0 Å². The molecule has 4 rings (SSSR count). The molecule has 1 aliphatic heterocycles. The lowest BCUT2D eigenvalue weighted by Gasteiger charge is -2.34. The molecule has 0 spiro atoms. The van der Waals surface area contributed by atoms with Gasteiger partial charge in [-0.15, -0.1) is 0 Å². The Morgan fingerprint density at radius 1 is 0.917 bits per heavy atom. The van der Waals surface area contributed by atoms with Gasteiger partial charge in [-0.3, -0.25) is 14.7 Å². The molecule has 3 aromatic rings. The molecular formula is C20H16N2O2. The zero-order valence-corrected chi connectivity index (χ0v) is 13.0. The van der Waals surface area contributed by atoms with E-state index >= 15 is 0 Å². The predicted octanol–water partition coefficient (Wildman–Crippen LogP) is 2.93. The van der Waals surface area contributed by atoms with Crippen molar-refractivity contribution in [2.24, 2.45) is 0 Å². The van der Waals surface area contributed by atoms with Crippen LogP contribution in [0.15, 0.2) is 79.0 Å². The molecule has 24 heavy (non-hydrogen) atoms.